The number of aryl methyl sites for hydroxylation is 1. The van der Waals surface area contributed by atoms with Crippen molar-refractivity contribution >= 4 is 23.2 Å². The average Bonchev–Trinajstić information content (AvgIpc) is 2.68. The largest absolute Gasteiger partial charge is 0.322 e. The van der Waals surface area contributed by atoms with Crippen molar-refractivity contribution in [2.24, 2.45) is 0 Å². The quantitative estimate of drug-likeness (QED) is 0.779. The van der Waals surface area contributed by atoms with E-state index >= 15 is 0 Å². The third kappa shape index (κ3) is 3.26. The smallest absolute Gasteiger partial charge is 0.258 e. The molecule has 26 heavy (non-hydrogen) atoms. The molecule has 0 unspecified atom stereocenters. The summed E-state index contributed by atoms with van der Waals surface area (Å²) >= 11 is 0. The Morgan fingerprint density at radius 3 is 2.69 bits per heavy atom. The van der Waals surface area contributed by atoms with E-state index in [0.717, 1.165) is 25.1 Å². The Bertz CT molecular complexity index is 943. The lowest BCUT2D eigenvalue weighted by atomic mass is 10.0. The zero-order valence-electron chi connectivity index (χ0n) is 14.0. The molecule has 2 heterocycles. The van der Waals surface area contributed by atoms with Crippen LogP contribution in [0, 0.1) is 5.82 Å². The molecular weight excluding hydrogens is 331 g/mol. The van der Waals surface area contributed by atoms with Crippen LogP contribution in [0.4, 0.5) is 21.7 Å². The number of hydrogen-bond acceptors (Lipinski definition) is 4. The molecular formula is C20H17FN4O. The molecule has 0 spiro atoms. The van der Waals surface area contributed by atoms with Crippen LogP contribution >= 0.6 is 0 Å². The molecule has 0 aliphatic carbocycles. The van der Waals surface area contributed by atoms with E-state index in [0.29, 0.717) is 17.2 Å². The molecule has 0 fully saturated rings. The van der Waals surface area contributed by atoms with Gasteiger partial charge in [-0.2, -0.15) is 0 Å². The van der Waals surface area contributed by atoms with Crippen molar-refractivity contribution in [2.45, 2.75) is 12.8 Å². The van der Waals surface area contributed by atoms with Crippen molar-refractivity contribution in [1.29, 1.82) is 0 Å². The van der Waals surface area contributed by atoms with Crippen molar-refractivity contribution in [3.8, 4) is 0 Å². The molecule has 1 aliphatic heterocycles. The molecule has 5 nitrogen and oxygen atoms in total. The molecule has 0 bridgehead atoms. The van der Waals surface area contributed by atoms with Gasteiger partial charge in [-0.3, -0.25) is 4.79 Å². The van der Waals surface area contributed by atoms with Crippen molar-refractivity contribution < 1.29 is 9.18 Å². The summed E-state index contributed by atoms with van der Waals surface area (Å²) in [6.07, 6.45) is 5.06. The van der Waals surface area contributed by atoms with Crippen molar-refractivity contribution in [3.63, 3.8) is 0 Å². The zero-order chi connectivity index (χ0) is 17.9. The van der Waals surface area contributed by atoms with Gasteiger partial charge < -0.3 is 10.2 Å². The second kappa shape index (κ2) is 6.92. The van der Waals surface area contributed by atoms with Gasteiger partial charge in [0.2, 0.25) is 5.95 Å². The first-order valence-corrected chi connectivity index (χ1v) is 8.45. The normalized spacial score (nSPS) is 13.2. The lowest BCUT2D eigenvalue weighted by Gasteiger charge is -2.29. The Hall–Kier alpha value is -3.28. The number of halogens is 1. The van der Waals surface area contributed by atoms with Gasteiger partial charge in [0.1, 0.15) is 5.82 Å². The second-order valence-electron chi connectivity index (χ2n) is 6.12. The standard InChI is InChI=1S/C20H17FN4O/c21-16-7-3-8-17(11-16)24-19(26)15-12-22-20(23-13-15)25-10-4-6-14-5-1-2-9-18(14)25/h1-3,5,7-9,11-13H,4,6,10H2,(H,24,26). The third-order valence-corrected chi connectivity index (χ3v) is 4.33. The van der Waals surface area contributed by atoms with E-state index < -0.39 is 5.82 Å². The van der Waals surface area contributed by atoms with Gasteiger partial charge in [0.15, 0.2) is 0 Å². The molecule has 4 rings (SSSR count). The van der Waals surface area contributed by atoms with E-state index in [4.69, 9.17) is 0 Å². The van der Waals surface area contributed by atoms with Gasteiger partial charge in [-0.25, -0.2) is 14.4 Å². The monoisotopic (exact) mass is 348 g/mol. The minimum absolute atomic E-state index is 0.323. The Kier molecular flexibility index (Phi) is 4.31. The third-order valence-electron chi connectivity index (χ3n) is 4.33. The zero-order valence-corrected chi connectivity index (χ0v) is 14.0. The maximum Gasteiger partial charge on any atom is 0.258 e. The molecule has 0 saturated carbocycles. The number of anilines is 3. The lowest BCUT2D eigenvalue weighted by molar-refractivity contribution is 0.102. The molecule has 3 aromatic rings. The number of benzene rings is 2. The fraction of sp³-hybridized carbons (Fsp3) is 0.150. The van der Waals surface area contributed by atoms with E-state index in [-0.39, 0.29) is 5.91 Å². The summed E-state index contributed by atoms with van der Waals surface area (Å²) in [6.45, 7) is 0.839. The molecule has 1 aliphatic rings. The number of carbonyl (C=O) groups is 1. The Labute approximate surface area is 150 Å². The van der Waals surface area contributed by atoms with Crippen LogP contribution in [0.3, 0.4) is 0 Å². The van der Waals surface area contributed by atoms with Gasteiger partial charge in [0.05, 0.1) is 5.56 Å². The number of nitrogens with zero attached hydrogens (tertiary/aromatic N) is 3. The van der Waals surface area contributed by atoms with Crippen LogP contribution in [0.15, 0.2) is 60.9 Å². The van der Waals surface area contributed by atoms with Gasteiger partial charge in [0.25, 0.3) is 5.91 Å². The minimum atomic E-state index is -0.404. The van der Waals surface area contributed by atoms with Crippen LogP contribution in [0.25, 0.3) is 0 Å². The van der Waals surface area contributed by atoms with Gasteiger partial charge >= 0.3 is 0 Å². The predicted octanol–water partition coefficient (Wildman–Crippen LogP) is 3.95. The fourth-order valence-electron chi connectivity index (χ4n) is 3.09. The molecule has 0 radical (unpaired) electrons. The molecule has 0 atom stereocenters. The highest BCUT2D eigenvalue weighted by atomic mass is 19.1. The molecule has 1 N–H and O–H groups in total. The summed E-state index contributed by atoms with van der Waals surface area (Å²) in [6, 6.07) is 14.0. The molecule has 6 heteroatoms. The Morgan fingerprint density at radius 1 is 1.08 bits per heavy atom. The van der Waals surface area contributed by atoms with E-state index in [2.05, 4.69) is 32.3 Å². The number of hydrogen-bond donors (Lipinski definition) is 1. The highest BCUT2D eigenvalue weighted by Gasteiger charge is 2.20. The number of nitrogens with one attached hydrogen (secondary N) is 1. The fourth-order valence-corrected chi connectivity index (χ4v) is 3.09. The molecule has 1 aromatic heterocycles. The minimum Gasteiger partial charge on any atom is -0.322 e. The van der Waals surface area contributed by atoms with Crippen LogP contribution < -0.4 is 10.2 Å². The van der Waals surface area contributed by atoms with E-state index in [1.165, 1.54) is 30.1 Å². The Morgan fingerprint density at radius 2 is 1.88 bits per heavy atom. The summed E-state index contributed by atoms with van der Waals surface area (Å²) in [4.78, 5) is 23.1. The number of aromatic nitrogens is 2. The van der Waals surface area contributed by atoms with Gasteiger partial charge in [-0.05, 0) is 42.7 Å². The van der Waals surface area contributed by atoms with E-state index in [1.807, 2.05) is 12.1 Å². The van der Waals surface area contributed by atoms with Crippen LogP contribution in [0.2, 0.25) is 0 Å². The van der Waals surface area contributed by atoms with Crippen molar-refractivity contribution in [1.82, 2.24) is 9.97 Å². The van der Waals surface area contributed by atoms with Gasteiger partial charge in [0, 0.05) is 30.3 Å². The molecule has 2 aromatic carbocycles. The van der Waals surface area contributed by atoms with Crippen LogP contribution in [-0.4, -0.2) is 22.4 Å². The highest BCUT2D eigenvalue weighted by Crippen LogP contribution is 2.31. The number of para-hydroxylation sites is 1. The maximum absolute atomic E-state index is 13.2. The van der Waals surface area contributed by atoms with Crippen LogP contribution in [0.5, 0.6) is 0 Å². The summed E-state index contributed by atoms with van der Waals surface area (Å²) in [7, 11) is 0. The van der Waals surface area contributed by atoms with Crippen LogP contribution in [0.1, 0.15) is 22.3 Å². The number of carbonyl (C=O) groups excluding carboxylic acids is 1. The van der Waals surface area contributed by atoms with Crippen molar-refractivity contribution in [3.05, 3.63) is 77.9 Å². The number of rotatable bonds is 3. The highest BCUT2D eigenvalue weighted by molar-refractivity contribution is 6.03. The first kappa shape index (κ1) is 16.2. The lowest BCUT2D eigenvalue weighted by Crippen LogP contribution is -2.26. The topological polar surface area (TPSA) is 58.1 Å². The van der Waals surface area contributed by atoms with E-state index in [1.54, 1.807) is 12.1 Å². The second-order valence-corrected chi connectivity index (χ2v) is 6.12. The van der Waals surface area contributed by atoms with Crippen LogP contribution in [-0.2, 0) is 6.42 Å². The van der Waals surface area contributed by atoms with E-state index in [9.17, 15) is 9.18 Å². The average molecular weight is 348 g/mol. The molecule has 130 valence electrons. The first-order chi connectivity index (χ1) is 12.7. The number of amides is 1. The van der Waals surface area contributed by atoms with Gasteiger partial charge in [-0.15, -0.1) is 0 Å². The van der Waals surface area contributed by atoms with Gasteiger partial charge in [-0.1, -0.05) is 24.3 Å². The molecule has 1 amide bonds. The maximum atomic E-state index is 13.2. The summed E-state index contributed by atoms with van der Waals surface area (Å²) in [5.74, 6) is -0.209. The summed E-state index contributed by atoms with van der Waals surface area (Å²) in [5.41, 5.74) is 3.10. The summed E-state index contributed by atoms with van der Waals surface area (Å²) < 4.78 is 13.2. The van der Waals surface area contributed by atoms with Crippen molar-refractivity contribution in [2.75, 3.05) is 16.8 Å². The Balaban J connectivity index is 1.53. The molecule has 0 saturated heterocycles. The first-order valence-electron chi connectivity index (χ1n) is 8.45. The SMILES string of the molecule is O=C(Nc1cccc(F)c1)c1cnc(N2CCCc3ccccc32)nc1. The predicted molar refractivity (Wildman–Crippen MR) is 98.2 cm³/mol. The summed E-state index contributed by atoms with van der Waals surface area (Å²) in [5, 5.41) is 2.64. The number of fused-ring (bicyclic) bond motifs is 1.